The van der Waals surface area contributed by atoms with Gasteiger partial charge in [0.25, 0.3) is 5.91 Å². The van der Waals surface area contributed by atoms with Gasteiger partial charge < -0.3 is 10.1 Å². The second-order valence-electron chi connectivity index (χ2n) is 8.46. The Bertz CT molecular complexity index is 1040. The highest BCUT2D eigenvalue weighted by Gasteiger charge is 2.34. The standard InChI is InChI=1S/C26H27F3N2O2/c1-18(22(20-12-8-5-9-13-20)16-19-10-6-4-7-11-19)31-24(32)25(2,3)33-23-15-14-21(17-30-23)26(27,28)29/h4-15,17-18,22H,16H2,1-3H3,(H,31,32). The lowest BCUT2D eigenvalue weighted by Gasteiger charge is -2.30. The first-order valence-electron chi connectivity index (χ1n) is 10.7. The van der Waals surface area contributed by atoms with Crippen LogP contribution in [-0.2, 0) is 17.4 Å². The minimum atomic E-state index is -4.49. The molecule has 0 bridgehead atoms. The van der Waals surface area contributed by atoms with Crippen molar-refractivity contribution < 1.29 is 22.7 Å². The van der Waals surface area contributed by atoms with Crippen LogP contribution in [0.2, 0.25) is 0 Å². The van der Waals surface area contributed by atoms with Crippen molar-refractivity contribution in [3.05, 3.63) is 95.7 Å². The zero-order valence-electron chi connectivity index (χ0n) is 18.8. The summed E-state index contributed by atoms with van der Waals surface area (Å²) in [6.07, 6.45) is -3.07. The van der Waals surface area contributed by atoms with Gasteiger partial charge in [-0.1, -0.05) is 60.7 Å². The van der Waals surface area contributed by atoms with E-state index in [-0.39, 0.29) is 23.7 Å². The summed E-state index contributed by atoms with van der Waals surface area (Å²) in [7, 11) is 0. The molecule has 0 saturated carbocycles. The summed E-state index contributed by atoms with van der Waals surface area (Å²) in [6, 6.07) is 21.7. The number of carbonyl (C=O) groups is 1. The molecule has 2 aromatic carbocycles. The van der Waals surface area contributed by atoms with E-state index in [0.717, 1.165) is 29.7 Å². The van der Waals surface area contributed by atoms with E-state index in [1.54, 1.807) is 13.8 Å². The first-order chi connectivity index (χ1) is 15.6. The first kappa shape index (κ1) is 24.3. The highest BCUT2D eigenvalue weighted by Crippen LogP contribution is 2.30. The molecule has 0 aliphatic heterocycles. The van der Waals surface area contributed by atoms with E-state index in [4.69, 9.17) is 4.74 Å². The van der Waals surface area contributed by atoms with Gasteiger partial charge in [0.1, 0.15) is 0 Å². The third-order valence-corrected chi connectivity index (χ3v) is 5.46. The Kier molecular flexibility index (Phi) is 7.41. The number of halogens is 3. The highest BCUT2D eigenvalue weighted by atomic mass is 19.4. The number of aromatic nitrogens is 1. The molecule has 4 nitrogen and oxygen atoms in total. The third kappa shape index (κ3) is 6.57. The van der Waals surface area contributed by atoms with Crippen LogP contribution in [0, 0.1) is 0 Å². The molecule has 7 heteroatoms. The minimum Gasteiger partial charge on any atom is -0.462 e. The average Bonchev–Trinajstić information content (AvgIpc) is 2.78. The lowest BCUT2D eigenvalue weighted by molar-refractivity contribution is -0.138. The second-order valence-corrected chi connectivity index (χ2v) is 8.46. The lowest BCUT2D eigenvalue weighted by atomic mass is 9.86. The van der Waals surface area contributed by atoms with Gasteiger partial charge in [0.2, 0.25) is 5.88 Å². The quantitative estimate of drug-likeness (QED) is 0.467. The van der Waals surface area contributed by atoms with Crippen LogP contribution in [0.5, 0.6) is 5.88 Å². The Hall–Kier alpha value is -3.35. The summed E-state index contributed by atoms with van der Waals surface area (Å²) in [4.78, 5) is 16.8. The number of amides is 1. The molecular weight excluding hydrogens is 429 g/mol. The molecule has 174 valence electrons. The van der Waals surface area contributed by atoms with E-state index in [2.05, 4.69) is 10.3 Å². The summed E-state index contributed by atoms with van der Waals surface area (Å²) in [5.41, 5.74) is 0.0289. The topological polar surface area (TPSA) is 51.2 Å². The molecule has 1 aromatic heterocycles. The summed E-state index contributed by atoms with van der Waals surface area (Å²) in [5.74, 6) is -0.428. The number of rotatable bonds is 8. The van der Waals surface area contributed by atoms with Gasteiger partial charge in [-0.3, -0.25) is 4.79 Å². The minimum absolute atomic E-state index is 0.0116. The number of nitrogens with one attached hydrogen (secondary N) is 1. The van der Waals surface area contributed by atoms with E-state index in [1.165, 1.54) is 0 Å². The number of hydrogen-bond acceptors (Lipinski definition) is 3. The van der Waals surface area contributed by atoms with Crippen molar-refractivity contribution in [2.45, 2.75) is 50.9 Å². The normalized spacial score (nSPS) is 13.8. The number of pyridine rings is 1. The van der Waals surface area contributed by atoms with Gasteiger partial charge >= 0.3 is 6.18 Å². The molecule has 0 saturated heterocycles. The average molecular weight is 457 g/mol. The third-order valence-electron chi connectivity index (χ3n) is 5.46. The largest absolute Gasteiger partial charge is 0.462 e. The number of ether oxygens (including phenoxy) is 1. The van der Waals surface area contributed by atoms with Gasteiger partial charge in [-0.05, 0) is 44.4 Å². The fourth-order valence-corrected chi connectivity index (χ4v) is 3.55. The smallest absolute Gasteiger partial charge is 0.417 e. The Morgan fingerprint density at radius 3 is 2.12 bits per heavy atom. The van der Waals surface area contributed by atoms with E-state index in [9.17, 15) is 18.0 Å². The van der Waals surface area contributed by atoms with Gasteiger partial charge in [-0.15, -0.1) is 0 Å². The van der Waals surface area contributed by atoms with Crippen molar-refractivity contribution in [3.63, 3.8) is 0 Å². The summed E-state index contributed by atoms with van der Waals surface area (Å²) in [6.45, 7) is 5.05. The van der Waals surface area contributed by atoms with Crippen LogP contribution >= 0.6 is 0 Å². The maximum Gasteiger partial charge on any atom is 0.417 e. The van der Waals surface area contributed by atoms with Crippen molar-refractivity contribution in [2.24, 2.45) is 0 Å². The van der Waals surface area contributed by atoms with Gasteiger partial charge in [-0.25, -0.2) is 4.98 Å². The molecule has 3 rings (SSSR count). The summed E-state index contributed by atoms with van der Waals surface area (Å²) >= 11 is 0. The fraction of sp³-hybridized carbons (Fsp3) is 0.308. The van der Waals surface area contributed by atoms with Crippen molar-refractivity contribution in [1.29, 1.82) is 0 Å². The van der Waals surface area contributed by atoms with Gasteiger partial charge in [0.15, 0.2) is 5.60 Å². The molecule has 2 atom stereocenters. The van der Waals surface area contributed by atoms with Crippen LogP contribution in [-0.4, -0.2) is 22.5 Å². The van der Waals surface area contributed by atoms with Gasteiger partial charge in [0.05, 0.1) is 5.56 Å². The maximum atomic E-state index is 13.1. The Morgan fingerprint density at radius 1 is 0.970 bits per heavy atom. The van der Waals surface area contributed by atoms with Crippen molar-refractivity contribution in [2.75, 3.05) is 0 Å². The molecule has 0 fully saturated rings. The molecule has 33 heavy (non-hydrogen) atoms. The number of nitrogens with zero attached hydrogens (tertiary/aromatic N) is 1. The molecule has 2 unspecified atom stereocenters. The molecular formula is C26H27F3N2O2. The van der Waals surface area contributed by atoms with Crippen LogP contribution in [0.1, 0.15) is 43.4 Å². The van der Waals surface area contributed by atoms with Crippen molar-refractivity contribution >= 4 is 5.91 Å². The van der Waals surface area contributed by atoms with Crippen molar-refractivity contribution in [3.8, 4) is 5.88 Å². The molecule has 1 amide bonds. The zero-order chi connectivity index (χ0) is 24.1. The molecule has 1 heterocycles. The number of benzene rings is 2. The SMILES string of the molecule is CC(NC(=O)C(C)(C)Oc1ccc(C(F)(F)F)cn1)C(Cc1ccccc1)c1ccccc1. The van der Waals surface area contributed by atoms with Crippen LogP contribution in [0.25, 0.3) is 0 Å². The second kappa shape index (κ2) is 10.1. The molecule has 0 radical (unpaired) electrons. The van der Waals surface area contributed by atoms with Crippen LogP contribution in [0.3, 0.4) is 0 Å². The van der Waals surface area contributed by atoms with Crippen LogP contribution in [0.15, 0.2) is 79.0 Å². The fourth-order valence-electron chi connectivity index (χ4n) is 3.55. The van der Waals surface area contributed by atoms with E-state index < -0.39 is 17.3 Å². The maximum absolute atomic E-state index is 13.1. The zero-order valence-corrected chi connectivity index (χ0v) is 18.8. The van der Waals surface area contributed by atoms with Crippen molar-refractivity contribution in [1.82, 2.24) is 10.3 Å². The van der Waals surface area contributed by atoms with E-state index in [0.29, 0.717) is 6.20 Å². The highest BCUT2D eigenvalue weighted by molar-refractivity contribution is 5.85. The number of hydrogen-bond donors (Lipinski definition) is 1. The Balaban J connectivity index is 1.72. The van der Waals surface area contributed by atoms with Gasteiger partial charge in [-0.2, -0.15) is 13.2 Å². The predicted octanol–water partition coefficient (Wildman–Crippen LogP) is 5.79. The Labute approximate surface area is 191 Å². The van der Waals surface area contributed by atoms with Gasteiger partial charge in [0, 0.05) is 24.2 Å². The van der Waals surface area contributed by atoms with Crippen LogP contribution in [0.4, 0.5) is 13.2 Å². The van der Waals surface area contributed by atoms with E-state index in [1.807, 2.05) is 67.6 Å². The number of alkyl halides is 3. The molecule has 1 N–H and O–H groups in total. The van der Waals surface area contributed by atoms with E-state index >= 15 is 0 Å². The Morgan fingerprint density at radius 2 is 1.58 bits per heavy atom. The predicted molar refractivity (Wildman–Crippen MR) is 121 cm³/mol. The van der Waals surface area contributed by atoms with Crippen LogP contribution < -0.4 is 10.1 Å². The monoisotopic (exact) mass is 456 g/mol. The molecule has 0 spiro atoms. The first-order valence-corrected chi connectivity index (χ1v) is 10.7. The summed E-state index contributed by atoms with van der Waals surface area (Å²) in [5, 5.41) is 3.02. The molecule has 0 aliphatic rings. The number of carbonyl (C=O) groups excluding carboxylic acids is 1. The molecule has 0 aliphatic carbocycles. The molecule has 3 aromatic rings. The summed E-state index contributed by atoms with van der Waals surface area (Å²) < 4.78 is 43.9. The lowest BCUT2D eigenvalue weighted by Crippen LogP contribution is -2.51.